The number of anilines is 1. The van der Waals surface area contributed by atoms with Crippen LogP contribution in [0.25, 0.3) is 0 Å². The molecule has 19 heavy (non-hydrogen) atoms. The SMILES string of the molecule is CCOC(=O)C1CCN(c2cc(F)ccc2F)CC1. The molecule has 0 aliphatic carbocycles. The Morgan fingerprint density at radius 2 is 2.05 bits per heavy atom. The van der Waals surface area contributed by atoms with Gasteiger partial charge in [-0.05, 0) is 31.9 Å². The highest BCUT2D eigenvalue weighted by atomic mass is 19.1. The van der Waals surface area contributed by atoms with Gasteiger partial charge in [0.15, 0.2) is 0 Å². The Hall–Kier alpha value is -1.65. The summed E-state index contributed by atoms with van der Waals surface area (Å²) in [5.41, 5.74) is 0.266. The van der Waals surface area contributed by atoms with Crippen LogP contribution in [-0.4, -0.2) is 25.7 Å². The van der Waals surface area contributed by atoms with Gasteiger partial charge in [0, 0.05) is 19.2 Å². The minimum Gasteiger partial charge on any atom is -0.466 e. The predicted molar refractivity (Wildman–Crippen MR) is 67.9 cm³/mol. The maximum absolute atomic E-state index is 13.6. The van der Waals surface area contributed by atoms with E-state index in [-0.39, 0.29) is 17.6 Å². The molecule has 3 nitrogen and oxygen atoms in total. The van der Waals surface area contributed by atoms with Gasteiger partial charge in [-0.25, -0.2) is 8.78 Å². The first-order chi connectivity index (χ1) is 9.11. The van der Waals surface area contributed by atoms with Gasteiger partial charge < -0.3 is 9.64 Å². The fourth-order valence-corrected chi connectivity index (χ4v) is 2.34. The second-order valence-electron chi connectivity index (χ2n) is 4.61. The molecule has 0 radical (unpaired) electrons. The number of ether oxygens (including phenoxy) is 1. The first-order valence-corrected chi connectivity index (χ1v) is 6.48. The van der Waals surface area contributed by atoms with Crippen LogP contribution in [0.4, 0.5) is 14.5 Å². The van der Waals surface area contributed by atoms with Crippen molar-refractivity contribution >= 4 is 11.7 Å². The fraction of sp³-hybridized carbons (Fsp3) is 0.500. The molecule has 0 unspecified atom stereocenters. The van der Waals surface area contributed by atoms with Crippen LogP contribution in [0.2, 0.25) is 0 Å². The maximum atomic E-state index is 13.6. The molecule has 1 heterocycles. The van der Waals surface area contributed by atoms with Crippen molar-refractivity contribution in [1.29, 1.82) is 0 Å². The number of hydrogen-bond donors (Lipinski definition) is 0. The van der Waals surface area contributed by atoms with Crippen molar-refractivity contribution in [3.05, 3.63) is 29.8 Å². The number of hydrogen-bond acceptors (Lipinski definition) is 3. The summed E-state index contributed by atoms with van der Waals surface area (Å²) in [6.45, 7) is 3.21. The summed E-state index contributed by atoms with van der Waals surface area (Å²) >= 11 is 0. The number of piperidine rings is 1. The van der Waals surface area contributed by atoms with Crippen LogP contribution in [0.3, 0.4) is 0 Å². The Morgan fingerprint density at radius 3 is 2.68 bits per heavy atom. The number of esters is 1. The Balaban J connectivity index is 2.00. The molecule has 1 saturated heterocycles. The zero-order valence-electron chi connectivity index (χ0n) is 10.9. The van der Waals surface area contributed by atoms with Crippen molar-refractivity contribution in [2.45, 2.75) is 19.8 Å². The lowest BCUT2D eigenvalue weighted by Crippen LogP contribution is -2.37. The van der Waals surface area contributed by atoms with Crippen molar-refractivity contribution < 1.29 is 18.3 Å². The molecule has 0 spiro atoms. The van der Waals surface area contributed by atoms with E-state index < -0.39 is 11.6 Å². The third kappa shape index (κ3) is 3.22. The van der Waals surface area contributed by atoms with E-state index in [9.17, 15) is 13.6 Å². The minimum atomic E-state index is -0.455. The monoisotopic (exact) mass is 269 g/mol. The van der Waals surface area contributed by atoms with Crippen molar-refractivity contribution in [2.24, 2.45) is 5.92 Å². The number of nitrogens with zero attached hydrogens (tertiary/aromatic N) is 1. The zero-order chi connectivity index (χ0) is 13.8. The van der Waals surface area contributed by atoms with Gasteiger partial charge in [0.25, 0.3) is 0 Å². The zero-order valence-corrected chi connectivity index (χ0v) is 10.9. The van der Waals surface area contributed by atoms with E-state index in [4.69, 9.17) is 4.74 Å². The smallest absolute Gasteiger partial charge is 0.309 e. The Labute approximate surface area is 111 Å². The summed E-state index contributed by atoms with van der Waals surface area (Å²) in [6, 6.07) is 3.42. The molecule has 5 heteroatoms. The predicted octanol–water partition coefficient (Wildman–Crippen LogP) is 2.74. The Morgan fingerprint density at radius 1 is 1.37 bits per heavy atom. The lowest BCUT2D eigenvalue weighted by atomic mass is 9.96. The lowest BCUT2D eigenvalue weighted by Gasteiger charge is -2.32. The highest BCUT2D eigenvalue weighted by molar-refractivity contribution is 5.72. The Bertz CT molecular complexity index is 457. The van der Waals surface area contributed by atoms with Gasteiger partial charge in [0.2, 0.25) is 0 Å². The summed E-state index contributed by atoms with van der Waals surface area (Å²) in [4.78, 5) is 13.4. The third-order valence-corrected chi connectivity index (χ3v) is 3.36. The average molecular weight is 269 g/mol. The van der Waals surface area contributed by atoms with Crippen molar-refractivity contribution in [1.82, 2.24) is 0 Å². The van der Waals surface area contributed by atoms with Crippen LogP contribution in [0, 0.1) is 17.6 Å². The fourth-order valence-electron chi connectivity index (χ4n) is 2.34. The van der Waals surface area contributed by atoms with E-state index in [1.807, 2.05) is 0 Å². The third-order valence-electron chi connectivity index (χ3n) is 3.36. The second kappa shape index (κ2) is 5.99. The highest BCUT2D eigenvalue weighted by Gasteiger charge is 2.27. The second-order valence-corrected chi connectivity index (χ2v) is 4.61. The average Bonchev–Trinajstić information content (AvgIpc) is 2.42. The van der Waals surface area contributed by atoms with E-state index in [1.54, 1.807) is 11.8 Å². The van der Waals surface area contributed by atoms with Crippen LogP contribution in [0.1, 0.15) is 19.8 Å². The largest absolute Gasteiger partial charge is 0.466 e. The van der Waals surface area contributed by atoms with Crippen LogP contribution in [0.5, 0.6) is 0 Å². The molecule has 1 aliphatic heterocycles. The van der Waals surface area contributed by atoms with Crippen LogP contribution in [-0.2, 0) is 9.53 Å². The summed E-state index contributed by atoms with van der Waals surface area (Å²) in [7, 11) is 0. The quantitative estimate of drug-likeness (QED) is 0.790. The molecule has 0 saturated carbocycles. The van der Waals surface area contributed by atoms with Crippen LogP contribution >= 0.6 is 0 Å². The number of rotatable bonds is 3. The van der Waals surface area contributed by atoms with Gasteiger partial charge in [-0.1, -0.05) is 0 Å². The van der Waals surface area contributed by atoms with E-state index >= 15 is 0 Å². The molecule has 1 aromatic rings. The molecule has 0 amide bonds. The molecule has 104 valence electrons. The molecule has 1 aliphatic rings. The van der Waals surface area contributed by atoms with Crippen molar-refractivity contribution in [2.75, 3.05) is 24.6 Å². The molecule has 0 atom stereocenters. The molecule has 1 aromatic carbocycles. The summed E-state index contributed by atoms with van der Waals surface area (Å²) in [5, 5.41) is 0. The molecule has 0 aromatic heterocycles. The van der Waals surface area contributed by atoms with Crippen LogP contribution < -0.4 is 4.90 Å². The first kappa shape index (κ1) is 13.8. The summed E-state index contributed by atoms with van der Waals surface area (Å²) in [6.07, 6.45) is 1.21. The van der Waals surface area contributed by atoms with Gasteiger partial charge >= 0.3 is 5.97 Å². The van der Waals surface area contributed by atoms with Crippen LogP contribution in [0.15, 0.2) is 18.2 Å². The number of carbonyl (C=O) groups is 1. The molecule has 0 bridgehead atoms. The van der Waals surface area contributed by atoms with Gasteiger partial charge in [-0.2, -0.15) is 0 Å². The minimum absolute atomic E-state index is 0.132. The molecule has 2 rings (SSSR count). The van der Waals surface area contributed by atoms with Gasteiger partial charge in [-0.15, -0.1) is 0 Å². The standard InChI is InChI=1S/C14H17F2NO2/c1-2-19-14(18)10-5-7-17(8-6-10)13-9-11(15)3-4-12(13)16/h3-4,9-10H,2,5-8H2,1H3. The van der Waals surface area contributed by atoms with E-state index in [2.05, 4.69) is 0 Å². The highest BCUT2D eigenvalue weighted by Crippen LogP contribution is 2.26. The normalized spacial score (nSPS) is 16.5. The van der Waals surface area contributed by atoms with Gasteiger partial charge in [0.05, 0.1) is 18.2 Å². The van der Waals surface area contributed by atoms with Gasteiger partial charge in [0.1, 0.15) is 11.6 Å². The number of halogens is 2. The molecule has 1 fully saturated rings. The Kier molecular flexibility index (Phi) is 4.35. The molecule has 0 N–H and O–H groups in total. The summed E-state index contributed by atoms with van der Waals surface area (Å²) in [5.74, 6) is -1.21. The van der Waals surface area contributed by atoms with E-state index in [1.165, 1.54) is 6.07 Å². The maximum Gasteiger partial charge on any atom is 0.309 e. The van der Waals surface area contributed by atoms with Gasteiger partial charge in [-0.3, -0.25) is 4.79 Å². The number of benzene rings is 1. The topological polar surface area (TPSA) is 29.5 Å². The lowest BCUT2D eigenvalue weighted by molar-refractivity contribution is -0.148. The molecular formula is C14H17F2NO2. The van der Waals surface area contributed by atoms with E-state index in [0.717, 1.165) is 12.1 Å². The number of carbonyl (C=O) groups excluding carboxylic acids is 1. The summed E-state index contributed by atoms with van der Waals surface area (Å²) < 4.78 is 31.7. The first-order valence-electron chi connectivity index (χ1n) is 6.48. The van der Waals surface area contributed by atoms with E-state index in [0.29, 0.717) is 32.5 Å². The van der Waals surface area contributed by atoms with Crippen molar-refractivity contribution in [3.8, 4) is 0 Å². The molecular weight excluding hydrogens is 252 g/mol. The van der Waals surface area contributed by atoms with Crippen molar-refractivity contribution in [3.63, 3.8) is 0 Å².